The van der Waals surface area contributed by atoms with Gasteiger partial charge in [0.15, 0.2) is 0 Å². The normalized spacial score (nSPS) is 24.3. The summed E-state index contributed by atoms with van der Waals surface area (Å²) in [6.07, 6.45) is 4.00. The maximum Gasteiger partial charge on any atom is 0.0793 e. The first kappa shape index (κ1) is 14.3. The Kier molecular flexibility index (Phi) is 5.89. The standard InChI is InChI=1S/C14H29N3O/c1-2-3-4-5-15-6-8-16(9-7-15)10-11-17-12-14(18)13-17/h14,18H,2-13H2,1H3. The van der Waals surface area contributed by atoms with E-state index in [1.165, 1.54) is 58.5 Å². The van der Waals surface area contributed by atoms with E-state index in [0.717, 1.165) is 19.6 Å². The van der Waals surface area contributed by atoms with Crippen LogP contribution in [0.2, 0.25) is 0 Å². The van der Waals surface area contributed by atoms with Gasteiger partial charge in [-0.15, -0.1) is 0 Å². The summed E-state index contributed by atoms with van der Waals surface area (Å²) in [7, 11) is 0. The summed E-state index contributed by atoms with van der Waals surface area (Å²) >= 11 is 0. The molecule has 0 aromatic heterocycles. The quantitative estimate of drug-likeness (QED) is 0.670. The minimum atomic E-state index is -0.0552. The molecule has 4 nitrogen and oxygen atoms in total. The summed E-state index contributed by atoms with van der Waals surface area (Å²) in [5.41, 5.74) is 0. The Morgan fingerprint density at radius 3 is 1.94 bits per heavy atom. The fourth-order valence-corrected chi connectivity index (χ4v) is 2.83. The lowest BCUT2D eigenvalue weighted by atomic mass is 10.1. The Labute approximate surface area is 112 Å². The second kappa shape index (κ2) is 7.43. The molecule has 0 aromatic rings. The minimum absolute atomic E-state index is 0.0552. The Morgan fingerprint density at radius 2 is 1.39 bits per heavy atom. The highest BCUT2D eigenvalue weighted by molar-refractivity contribution is 4.80. The van der Waals surface area contributed by atoms with Gasteiger partial charge < -0.3 is 10.0 Å². The number of aliphatic hydroxyl groups excluding tert-OH is 1. The average molecular weight is 255 g/mol. The molecule has 4 heteroatoms. The van der Waals surface area contributed by atoms with Gasteiger partial charge in [-0.2, -0.15) is 0 Å². The molecule has 0 bridgehead atoms. The number of β-amino-alcohol motifs (C(OH)–C–C–N with tert-alkyl or cyclic N) is 1. The predicted molar refractivity (Wildman–Crippen MR) is 74.9 cm³/mol. The highest BCUT2D eigenvalue weighted by Crippen LogP contribution is 2.08. The van der Waals surface area contributed by atoms with Gasteiger partial charge >= 0.3 is 0 Å². The second-order valence-electron chi connectivity index (χ2n) is 5.80. The van der Waals surface area contributed by atoms with E-state index in [9.17, 15) is 5.11 Å². The van der Waals surface area contributed by atoms with Gasteiger partial charge in [-0.3, -0.25) is 9.80 Å². The van der Waals surface area contributed by atoms with E-state index in [2.05, 4.69) is 21.6 Å². The van der Waals surface area contributed by atoms with Crippen molar-refractivity contribution in [1.82, 2.24) is 14.7 Å². The van der Waals surface area contributed by atoms with E-state index < -0.39 is 0 Å². The third kappa shape index (κ3) is 4.50. The molecule has 2 fully saturated rings. The van der Waals surface area contributed by atoms with Crippen LogP contribution in [0.1, 0.15) is 26.2 Å². The third-order valence-electron chi connectivity index (χ3n) is 4.21. The SMILES string of the molecule is CCCCCN1CCN(CCN2CC(O)C2)CC1. The van der Waals surface area contributed by atoms with Gasteiger partial charge in [-0.05, 0) is 13.0 Å². The molecular formula is C14H29N3O. The molecule has 106 valence electrons. The molecule has 18 heavy (non-hydrogen) atoms. The van der Waals surface area contributed by atoms with Gasteiger partial charge in [0, 0.05) is 52.4 Å². The molecule has 0 saturated carbocycles. The molecule has 0 radical (unpaired) electrons. The van der Waals surface area contributed by atoms with E-state index in [0.29, 0.717) is 0 Å². The number of rotatable bonds is 7. The number of aliphatic hydroxyl groups is 1. The van der Waals surface area contributed by atoms with Crippen molar-refractivity contribution >= 4 is 0 Å². The maximum absolute atomic E-state index is 9.23. The molecular weight excluding hydrogens is 226 g/mol. The van der Waals surface area contributed by atoms with E-state index in [1.807, 2.05) is 0 Å². The molecule has 0 amide bonds. The Morgan fingerprint density at radius 1 is 0.833 bits per heavy atom. The molecule has 0 spiro atoms. The summed E-state index contributed by atoms with van der Waals surface area (Å²) in [5.74, 6) is 0. The number of piperazine rings is 1. The number of hydrogen-bond acceptors (Lipinski definition) is 4. The van der Waals surface area contributed by atoms with Crippen LogP contribution in [0, 0.1) is 0 Å². The topological polar surface area (TPSA) is 30.0 Å². The van der Waals surface area contributed by atoms with Gasteiger partial charge in [0.2, 0.25) is 0 Å². The molecule has 2 aliphatic heterocycles. The average Bonchev–Trinajstić information content (AvgIpc) is 2.35. The van der Waals surface area contributed by atoms with Crippen LogP contribution in [0.5, 0.6) is 0 Å². The smallest absolute Gasteiger partial charge is 0.0793 e. The van der Waals surface area contributed by atoms with E-state index >= 15 is 0 Å². The Bertz CT molecular complexity index is 223. The van der Waals surface area contributed by atoms with Gasteiger partial charge in [-0.1, -0.05) is 19.8 Å². The maximum atomic E-state index is 9.23. The summed E-state index contributed by atoms with van der Waals surface area (Å²) in [4.78, 5) is 7.53. The highest BCUT2D eigenvalue weighted by Gasteiger charge is 2.24. The molecule has 2 saturated heterocycles. The number of nitrogens with zero attached hydrogens (tertiary/aromatic N) is 3. The lowest BCUT2D eigenvalue weighted by Crippen LogP contribution is -2.54. The van der Waals surface area contributed by atoms with Gasteiger partial charge in [0.25, 0.3) is 0 Å². The van der Waals surface area contributed by atoms with Crippen LogP contribution in [0.25, 0.3) is 0 Å². The Balaban J connectivity index is 1.50. The predicted octanol–water partition coefficient (Wildman–Crippen LogP) is 0.471. The largest absolute Gasteiger partial charge is 0.390 e. The Hall–Kier alpha value is -0.160. The molecule has 2 heterocycles. The van der Waals surface area contributed by atoms with Crippen LogP contribution in [-0.4, -0.2) is 84.8 Å². The molecule has 2 rings (SSSR count). The zero-order valence-electron chi connectivity index (χ0n) is 11.9. The summed E-state index contributed by atoms with van der Waals surface area (Å²) < 4.78 is 0. The molecule has 0 aliphatic carbocycles. The first-order chi connectivity index (χ1) is 8.78. The summed E-state index contributed by atoms with van der Waals surface area (Å²) in [6, 6.07) is 0. The van der Waals surface area contributed by atoms with Crippen molar-refractivity contribution in [2.75, 3.05) is 58.9 Å². The van der Waals surface area contributed by atoms with E-state index in [1.54, 1.807) is 0 Å². The van der Waals surface area contributed by atoms with Crippen LogP contribution in [0.4, 0.5) is 0 Å². The minimum Gasteiger partial charge on any atom is -0.390 e. The van der Waals surface area contributed by atoms with Crippen LogP contribution in [-0.2, 0) is 0 Å². The van der Waals surface area contributed by atoms with Crippen molar-refractivity contribution in [3.63, 3.8) is 0 Å². The summed E-state index contributed by atoms with van der Waals surface area (Å²) in [6.45, 7) is 12.6. The number of unbranched alkanes of at least 4 members (excludes halogenated alkanes) is 2. The second-order valence-corrected chi connectivity index (χ2v) is 5.80. The molecule has 2 aliphatic rings. The number of hydrogen-bond donors (Lipinski definition) is 1. The van der Waals surface area contributed by atoms with Crippen LogP contribution >= 0.6 is 0 Å². The van der Waals surface area contributed by atoms with Crippen molar-refractivity contribution in [2.24, 2.45) is 0 Å². The van der Waals surface area contributed by atoms with Crippen LogP contribution in [0.15, 0.2) is 0 Å². The zero-order valence-corrected chi connectivity index (χ0v) is 11.9. The van der Waals surface area contributed by atoms with E-state index in [4.69, 9.17) is 0 Å². The fourth-order valence-electron chi connectivity index (χ4n) is 2.83. The fraction of sp³-hybridized carbons (Fsp3) is 1.00. The van der Waals surface area contributed by atoms with Gasteiger partial charge in [-0.25, -0.2) is 0 Å². The molecule has 0 aromatic carbocycles. The lowest BCUT2D eigenvalue weighted by molar-refractivity contribution is -0.00509. The van der Waals surface area contributed by atoms with Crippen molar-refractivity contribution in [3.8, 4) is 0 Å². The van der Waals surface area contributed by atoms with Crippen molar-refractivity contribution < 1.29 is 5.11 Å². The number of likely N-dealkylation sites (tertiary alicyclic amines) is 1. The third-order valence-corrected chi connectivity index (χ3v) is 4.21. The first-order valence-corrected chi connectivity index (χ1v) is 7.63. The molecule has 0 atom stereocenters. The van der Waals surface area contributed by atoms with Crippen LogP contribution in [0.3, 0.4) is 0 Å². The van der Waals surface area contributed by atoms with Crippen molar-refractivity contribution in [2.45, 2.75) is 32.3 Å². The zero-order chi connectivity index (χ0) is 12.8. The van der Waals surface area contributed by atoms with Gasteiger partial charge in [0.1, 0.15) is 0 Å². The summed E-state index contributed by atoms with van der Waals surface area (Å²) in [5, 5.41) is 9.23. The van der Waals surface area contributed by atoms with Crippen LogP contribution < -0.4 is 0 Å². The van der Waals surface area contributed by atoms with E-state index in [-0.39, 0.29) is 6.10 Å². The van der Waals surface area contributed by atoms with Crippen molar-refractivity contribution in [1.29, 1.82) is 0 Å². The molecule has 0 unspecified atom stereocenters. The lowest BCUT2D eigenvalue weighted by Gasteiger charge is -2.39. The first-order valence-electron chi connectivity index (χ1n) is 7.63. The highest BCUT2D eigenvalue weighted by atomic mass is 16.3. The molecule has 1 N–H and O–H groups in total. The van der Waals surface area contributed by atoms with Crippen molar-refractivity contribution in [3.05, 3.63) is 0 Å². The van der Waals surface area contributed by atoms with Gasteiger partial charge in [0.05, 0.1) is 6.10 Å². The monoisotopic (exact) mass is 255 g/mol.